The molecule has 9 rings (SSSR count). The van der Waals surface area contributed by atoms with Crippen LogP contribution in [0.25, 0.3) is 27.8 Å². The summed E-state index contributed by atoms with van der Waals surface area (Å²) in [7, 11) is 0. The second-order valence-corrected chi connectivity index (χ2v) is 13.6. The van der Waals surface area contributed by atoms with Crippen LogP contribution < -0.4 is 21.7 Å². The van der Waals surface area contributed by atoms with E-state index in [1.807, 2.05) is 97.1 Å². The first kappa shape index (κ1) is 33.1. The second kappa shape index (κ2) is 14.3. The van der Waals surface area contributed by atoms with Gasteiger partial charge in [0.2, 0.25) is 5.90 Å². The highest BCUT2D eigenvalue weighted by atomic mass is 16.5. The number of nitrogens with zero attached hydrogens (tertiary/aromatic N) is 1. The van der Waals surface area contributed by atoms with E-state index in [0.29, 0.717) is 5.56 Å². The summed E-state index contributed by atoms with van der Waals surface area (Å²) in [6, 6.07) is 55.1. The summed E-state index contributed by atoms with van der Waals surface area (Å²) in [5.74, 6) is 0.836. The van der Waals surface area contributed by atoms with Gasteiger partial charge in [0.25, 0.3) is 0 Å². The van der Waals surface area contributed by atoms with Crippen molar-refractivity contribution in [3.8, 4) is 0 Å². The number of para-hydroxylation sites is 1. The lowest BCUT2D eigenvalue weighted by Crippen LogP contribution is -2.30. The van der Waals surface area contributed by atoms with Crippen LogP contribution >= 0.6 is 0 Å². The number of amidine groups is 1. The van der Waals surface area contributed by atoms with Gasteiger partial charge in [-0.15, -0.1) is 0 Å². The van der Waals surface area contributed by atoms with Crippen LogP contribution in [0.2, 0.25) is 0 Å². The van der Waals surface area contributed by atoms with Crippen LogP contribution in [0.3, 0.4) is 0 Å². The van der Waals surface area contributed by atoms with Crippen molar-refractivity contribution in [3.05, 3.63) is 219 Å². The van der Waals surface area contributed by atoms with Crippen LogP contribution in [0.15, 0.2) is 179 Å². The molecular weight excluding hydrogens is 665 g/mol. The van der Waals surface area contributed by atoms with Crippen molar-refractivity contribution in [3.63, 3.8) is 0 Å². The molecule has 1 aliphatic heterocycles. The Morgan fingerprint density at radius 1 is 0.667 bits per heavy atom. The molecule has 1 aromatic heterocycles. The van der Waals surface area contributed by atoms with Crippen LogP contribution in [-0.4, -0.2) is 11.7 Å². The Bertz CT molecular complexity index is 2660. The molecule has 7 aromatic rings. The number of fused-ring (bicyclic) bond motifs is 3. The van der Waals surface area contributed by atoms with E-state index in [1.165, 1.54) is 16.4 Å². The number of aliphatic imine (C=N–C) groups is 1. The normalized spacial score (nSPS) is 15.8. The molecule has 2 aliphatic rings. The Labute approximate surface area is 313 Å². The van der Waals surface area contributed by atoms with Crippen LogP contribution in [0.4, 0.5) is 0 Å². The largest absolute Gasteiger partial charge is 0.456 e. The number of rotatable bonds is 8. The zero-order valence-corrected chi connectivity index (χ0v) is 29.6. The number of nitrogens with two attached hydrogens (primary N) is 1. The third-order valence-corrected chi connectivity index (χ3v) is 10.2. The van der Waals surface area contributed by atoms with Crippen molar-refractivity contribution >= 4 is 39.5 Å². The molecule has 0 bridgehead atoms. The van der Waals surface area contributed by atoms with Gasteiger partial charge in [0.05, 0.1) is 6.04 Å². The fraction of sp³-hybridized carbons (Fsp3) is 0.0833. The molecule has 0 spiro atoms. The maximum Gasteiger partial charge on any atom is 0.215 e. The molecule has 54 heavy (non-hydrogen) atoms. The van der Waals surface area contributed by atoms with E-state index in [0.717, 1.165) is 74.1 Å². The summed E-state index contributed by atoms with van der Waals surface area (Å²) in [4.78, 5) is 5.03. The van der Waals surface area contributed by atoms with Gasteiger partial charge < -0.3 is 14.5 Å². The Kier molecular flexibility index (Phi) is 8.79. The van der Waals surface area contributed by atoms with E-state index >= 15 is 0 Å². The van der Waals surface area contributed by atoms with Crippen LogP contribution in [0, 0.1) is 5.41 Å². The molecule has 2 heterocycles. The number of furan rings is 1. The summed E-state index contributed by atoms with van der Waals surface area (Å²) in [5, 5.41) is 14.6. The first-order valence-corrected chi connectivity index (χ1v) is 18.3. The molecule has 0 amide bonds. The average molecular weight is 703 g/mol. The van der Waals surface area contributed by atoms with Crippen molar-refractivity contribution in [2.45, 2.75) is 25.1 Å². The maximum absolute atomic E-state index is 8.78. The van der Waals surface area contributed by atoms with Crippen LogP contribution in [0.1, 0.15) is 64.1 Å². The Morgan fingerprint density at radius 2 is 1.26 bits per heavy atom. The molecule has 0 saturated heterocycles. The van der Waals surface area contributed by atoms with Crippen LogP contribution in [-0.2, 0) is 4.74 Å². The van der Waals surface area contributed by atoms with Gasteiger partial charge >= 0.3 is 0 Å². The molecule has 2 atom stereocenters. The summed E-state index contributed by atoms with van der Waals surface area (Å²) in [6.45, 7) is 0. The van der Waals surface area contributed by atoms with Gasteiger partial charge in [0.1, 0.15) is 16.8 Å². The van der Waals surface area contributed by atoms with Gasteiger partial charge in [-0.25, -0.2) is 0 Å². The zero-order chi connectivity index (χ0) is 36.4. The van der Waals surface area contributed by atoms with E-state index in [4.69, 9.17) is 25.3 Å². The second-order valence-electron chi connectivity index (χ2n) is 13.6. The standard InChI is InChI=1S/C48H38N4O2/c49-46(35-24-20-32(21-25-35)39-29-28-38(31-12-4-1-5-13-31)44-40-18-10-11-19-43(40)53-45(39)44)54-47(50)36-26-22-34(23-27-36)42-30-41(33-14-6-2-7-15-33)51-48(52-42)37-16-8-3-9-17-37/h1-27,30,41,47,49H,28-29,50H2,(H,51,52). The predicted octanol–water partition coefficient (Wildman–Crippen LogP) is 8.76. The fourth-order valence-electron chi connectivity index (χ4n) is 7.46. The highest BCUT2D eigenvalue weighted by Gasteiger charge is 2.22. The van der Waals surface area contributed by atoms with Crippen molar-refractivity contribution in [2.75, 3.05) is 0 Å². The summed E-state index contributed by atoms with van der Waals surface area (Å²) in [6.07, 6.45) is 3.10. The number of hydrogen-bond acceptors (Lipinski definition) is 6. The molecular formula is C48H38N4O2. The van der Waals surface area contributed by atoms with E-state index in [-0.39, 0.29) is 11.9 Å². The molecule has 6 aromatic carbocycles. The van der Waals surface area contributed by atoms with Crippen molar-refractivity contribution in [2.24, 2.45) is 10.7 Å². The topological polar surface area (TPSA) is 96.6 Å². The molecule has 6 nitrogen and oxygen atoms in total. The lowest BCUT2D eigenvalue weighted by atomic mass is 9.88. The lowest BCUT2D eigenvalue weighted by molar-refractivity contribution is 0.199. The van der Waals surface area contributed by atoms with E-state index in [9.17, 15) is 0 Å². The predicted molar refractivity (Wildman–Crippen MR) is 217 cm³/mol. The van der Waals surface area contributed by atoms with Gasteiger partial charge in [-0.1, -0.05) is 146 Å². The van der Waals surface area contributed by atoms with Gasteiger partial charge in [0.15, 0.2) is 6.23 Å². The summed E-state index contributed by atoms with van der Waals surface area (Å²) < 4.78 is 12.5. The number of benzene rings is 6. The highest BCUT2D eigenvalue weighted by Crippen LogP contribution is 2.30. The molecule has 0 radical (unpaired) electrons. The Morgan fingerprint density at radius 3 is 1.98 bits per heavy atom. The molecule has 0 saturated carbocycles. The lowest BCUT2D eigenvalue weighted by Gasteiger charge is -2.23. The van der Waals surface area contributed by atoms with Crippen molar-refractivity contribution < 1.29 is 9.15 Å². The van der Waals surface area contributed by atoms with Gasteiger partial charge in [-0.2, -0.15) is 0 Å². The molecule has 262 valence electrons. The molecule has 4 N–H and O–H groups in total. The van der Waals surface area contributed by atoms with E-state index < -0.39 is 6.23 Å². The van der Waals surface area contributed by atoms with Crippen molar-refractivity contribution in [1.29, 1.82) is 5.41 Å². The zero-order valence-electron chi connectivity index (χ0n) is 29.6. The highest BCUT2D eigenvalue weighted by molar-refractivity contribution is 6.04. The third kappa shape index (κ3) is 6.44. The summed E-state index contributed by atoms with van der Waals surface area (Å²) >= 11 is 0. The Balaban J connectivity index is 0.940. The third-order valence-electron chi connectivity index (χ3n) is 10.2. The minimum absolute atomic E-state index is 0.0157. The number of nitrogens with one attached hydrogen (secondary N) is 2. The van der Waals surface area contributed by atoms with Gasteiger partial charge in [0, 0.05) is 38.6 Å². The van der Waals surface area contributed by atoms with Gasteiger partial charge in [-0.3, -0.25) is 16.1 Å². The molecule has 1 aliphatic carbocycles. The van der Waals surface area contributed by atoms with E-state index in [1.54, 1.807) is 0 Å². The maximum atomic E-state index is 8.78. The first-order chi connectivity index (χ1) is 26.6. The average Bonchev–Trinajstić information content (AvgIpc) is 3.64. The SMILES string of the molecule is N=C(OC(N)c1ccc(C2=CC(c3ccccc3)N=C(c3ccccc3)N2)cc1)c1ccc(C2=c3oc4ccccc4c3=C(c3ccccc3)CC2)cc1. The fourth-order valence-corrected chi connectivity index (χ4v) is 7.46. The molecule has 2 unspecified atom stereocenters. The minimum Gasteiger partial charge on any atom is -0.456 e. The summed E-state index contributed by atoms with van der Waals surface area (Å²) in [5.41, 5.74) is 18.6. The minimum atomic E-state index is -0.809. The number of hydrogen-bond donors (Lipinski definition) is 3. The van der Waals surface area contributed by atoms with Gasteiger partial charge in [-0.05, 0) is 64.9 Å². The van der Waals surface area contributed by atoms with Crippen molar-refractivity contribution in [1.82, 2.24) is 5.32 Å². The first-order valence-electron chi connectivity index (χ1n) is 18.3. The molecule has 6 heteroatoms. The Hall–Kier alpha value is -6.76. The quantitative estimate of drug-likeness (QED) is 0.0839. The van der Waals surface area contributed by atoms with E-state index in [2.05, 4.69) is 78.1 Å². The smallest absolute Gasteiger partial charge is 0.215 e. The molecule has 0 fully saturated rings. The number of ether oxygens (including phenoxy) is 1. The monoisotopic (exact) mass is 702 g/mol. The van der Waals surface area contributed by atoms with Crippen LogP contribution in [0.5, 0.6) is 0 Å².